The zero-order valence-electron chi connectivity index (χ0n) is 10.4. The second-order valence-electron chi connectivity index (χ2n) is 4.87. The average molecular weight is 218 g/mol. The highest BCUT2D eigenvalue weighted by Gasteiger charge is 2.23. The summed E-state index contributed by atoms with van der Waals surface area (Å²) in [7, 11) is 0. The van der Waals surface area contributed by atoms with Gasteiger partial charge in [0.25, 0.3) is 0 Å². The standard InChI is InChI=1S/C14H22N2/c1-11-5-3-6-12(2)14(11)10-16-8-4-7-13(16)9-15/h3,5-6,13H,4,7-10,15H2,1-2H3. The number of aryl methyl sites for hydroxylation is 2. The van der Waals surface area contributed by atoms with Crippen LogP contribution in [0.25, 0.3) is 0 Å². The lowest BCUT2D eigenvalue weighted by atomic mass is 10.0. The molecule has 88 valence electrons. The molecule has 2 nitrogen and oxygen atoms in total. The molecule has 2 heteroatoms. The normalized spacial score (nSPS) is 21.6. The summed E-state index contributed by atoms with van der Waals surface area (Å²) in [6.07, 6.45) is 2.56. The molecule has 2 rings (SSSR count). The minimum Gasteiger partial charge on any atom is -0.329 e. The van der Waals surface area contributed by atoms with E-state index in [1.54, 1.807) is 0 Å². The van der Waals surface area contributed by atoms with Gasteiger partial charge < -0.3 is 5.73 Å². The summed E-state index contributed by atoms with van der Waals surface area (Å²) in [5, 5.41) is 0. The first-order valence-corrected chi connectivity index (χ1v) is 6.21. The van der Waals surface area contributed by atoms with E-state index in [1.807, 2.05) is 0 Å². The Morgan fingerprint density at radius 2 is 2.00 bits per heavy atom. The number of benzene rings is 1. The lowest BCUT2D eigenvalue weighted by Crippen LogP contribution is -2.35. The van der Waals surface area contributed by atoms with E-state index >= 15 is 0 Å². The van der Waals surface area contributed by atoms with Crippen molar-refractivity contribution in [3.8, 4) is 0 Å². The van der Waals surface area contributed by atoms with Crippen molar-refractivity contribution in [2.75, 3.05) is 13.1 Å². The molecule has 0 saturated carbocycles. The highest BCUT2D eigenvalue weighted by Crippen LogP contribution is 2.22. The average Bonchev–Trinajstić information content (AvgIpc) is 2.71. The Kier molecular flexibility index (Phi) is 3.62. The van der Waals surface area contributed by atoms with E-state index in [-0.39, 0.29) is 0 Å². The number of nitrogens with zero attached hydrogens (tertiary/aromatic N) is 1. The SMILES string of the molecule is Cc1cccc(C)c1CN1CCCC1CN. The highest BCUT2D eigenvalue weighted by atomic mass is 15.2. The lowest BCUT2D eigenvalue weighted by molar-refractivity contribution is 0.249. The molecule has 2 N–H and O–H groups in total. The van der Waals surface area contributed by atoms with Gasteiger partial charge in [-0.2, -0.15) is 0 Å². The Bertz CT molecular complexity index is 340. The third-order valence-corrected chi connectivity index (χ3v) is 3.78. The van der Waals surface area contributed by atoms with Crippen LogP contribution in [0.1, 0.15) is 29.5 Å². The molecule has 0 amide bonds. The molecule has 1 aromatic carbocycles. The largest absolute Gasteiger partial charge is 0.329 e. The zero-order chi connectivity index (χ0) is 11.5. The predicted octanol–water partition coefficient (Wildman–Crippen LogP) is 2.23. The maximum absolute atomic E-state index is 5.81. The van der Waals surface area contributed by atoms with Gasteiger partial charge in [-0.1, -0.05) is 18.2 Å². The molecule has 1 heterocycles. The van der Waals surface area contributed by atoms with Crippen LogP contribution in [0, 0.1) is 13.8 Å². The minimum atomic E-state index is 0.596. The van der Waals surface area contributed by atoms with Gasteiger partial charge in [-0.05, 0) is 49.9 Å². The molecule has 0 aromatic heterocycles. The van der Waals surface area contributed by atoms with E-state index in [0.29, 0.717) is 6.04 Å². The summed E-state index contributed by atoms with van der Waals surface area (Å²) < 4.78 is 0. The smallest absolute Gasteiger partial charge is 0.0242 e. The molecule has 0 aliphatic carbocycles. The molecule has 0 bridgehead atoms. The lowest BCUT2D eigenvalue weighted by Gasteiger charge is -2.24. The van der Waals surface area contributed by atoms with Gasteiger partial charge in [-0.15, -0.1) is 0 Å². The van der Waals surface area contributed by atoms with E-state index in [9.17, 15) is 0 Å². The molecular formula is C14H22N2. The fourth-order valence-corrected chi connectivity index (χ4v) is 2.67. The van der Waals surface area contributed by atoms with Crippen LogP contribution in [-0.2, 0) is 6.54 Å². The van der Waals surface area contributed by atoms with Gasteiger partial charge in [-0.3, -0.25) is 4.90 Å². The fraction of sp³-hybridized carbons (Fsp3) is 0.571. The van der Waals surface area contributed by atoms with Gasteiger partial charge in [0.2, 0.25) is 0 Å². The Labute approximate surface area is 98.4 Å². The van der Waals surface area contributed by atoms with Gasteiger partial charge >= 0.3 is 0 Å². The van der Waals surface area contributed by atoms with Crippen molar-refractivity contribution in [1.29, 1.82) is 0 Å². The maximum Gasteiger partial charge on any atom is 0.0242 e. The van der Waals surface area contributed by atoms with Crippen molar-refractivity contribution in [1.82, 2.24) is 4.90 Å². The zero-order valence-corrected chi connectivity index (χ0v) is 10.4. The first-order valence-electron chi connectivity index (χ1n) is 6.21. The van der Waals surface area contributed by atoms with Crippen LogP contribution < -0.4 is 5.73 Å². The monoisotopic (exact) mass is 218 g/mol. The summed E-state index contributed by atoms with van der Waals surface area (Å²) in [5.74, 6) is 0. The van der Waals surface area contributed by atoms with Gasteiger partial charge in [0.05, 0.1) is 0 Å². The first kappa shape index (κ1) is 11.6. The van der Waals surface area contributed by atoms with Crippen molar-refractivity contribution in [2.24, 2.45) is 5.73 Å². The fourth-order valence-electron chi connectivity index (χ4n) is 2.67. The van der Waals surface area contributed by atoms with Gasteiger partial charge in [0.1, 0.15) is 0 Å². The number of hydrogen-bond donors (Lipinski definition) is 1. The summed E-state index contributed by atoms with van der Waals surface area (Å²) >= 11 is 0. The van der Waals surface area contributed by atoms with E-state index in [0.717, 1.165) is 13.1 Å². The second kappa shape index (κ2) is 4.98. The number of likely N-dealkylation sites (tertiary alicyclic amines) is 1. The molecular weight excluding hydrogens is 196 g/mol. The Hall–Kier alpha value is -0.860. The number of rotatable bonds is 3. The number of hydrogen-bond acceptors (Lipinski definition) is 2. The van der Waals surface area contributed by atoms with Crippen LogP contribution in [0.2, 0.25) is 0 Å². The summed E-state index contributed by atoms with van der Waals surface area (Å²) in [4.78, 5) is 2.54. The summed E-state index contributed by atoms with van der Waals surface area (Å²) in [6.45, 7) is 7.48. The summed E-state index contributed by atoms with van der Waals surface area (Å²) in [6, 6.07) is 7.14. The molecule has 1 aliphatic heterocycles. The van der Waals surface area contributed by atoms with Gasteiger partial charge in [-0.25, -0.2) is 0 Å². The molecule has 1 atom stereocenters. The van der Waals surface area contributed by atoms with Crippen LogP contribution in [-0.4, -0.2) is 24.0 Å². The van der Waals surface area contributed by atoms with Crippen LogP contribution in [0.4, 0.5) is 0 Å². The Morgan fingerprint density at radius 3 is 2.62 bits per heavy atom. The van der Waals surface area contributed by atoms with Gasteiger partial charge in [0.15, 0.2) is 0 Å². The number of nitrogens with two attached hydrogens (primary N) is 1. The molecule has 1 aromatic rings. The minimum absolute atomic E-state index is 0.596. The van der Waals surface area contributed by atoms with Crippen molar-refractivity contribution >= 4 is 0 Å². The van der Waals surface area contributed by atoms with Crippen molar-refractivity contribution in [2.45, 2.75) is 39.3 Å². The van der Waals surface area contributed by atoms with Crippen molar-refractivity contribution in [3.63, 3.8) is 0 Å². The highest BCUT2D eigenvalue weighted by molar-refractivity contribution is 5.33. The quantitative estimate of drug-likeness (QED) is 0.843. The molecule has 1 fully saturated rings. The molecule has 16 heavy (non-hydrogen) atoms. The second-order valence-corrected chi connectivity index (χ2v) is 4.87. The van der Waals surface area contributed by atoms with Crippen LogP contribution in [0.5, 0.6) is 0 Å². The van der Waals surface area contributed by atoms with E-state index in [2.05, 4.69) is 36.9 Å². The molecule has 0 radical (unpaired) electrons. The van der Waals surface area contributed by atoms with E-state index < -0.39 is 0 Å². The summed E-state index contributed by atoms with van der Waals surface area (Å²) in [5.41, 5.74) is 10.1. The van der Waals surface area contributed by atoms with Crippen LogP contribution in [0.15, 0.2) is 18.2 Å². The predicted molar refractivity (Wildman–Crippen MR) is 68.4 cm³/mol. The molecule has 1 unspecified atom stereocenters. The molecule has 1 saturated heterocycles. The van der Waals surface area contributed by atoms with Crippen LogP contribution in [0.3, 0.4) is 0 Å². The van der Waals surface area contributed by atoms with Gasteiger partial charge in [0, 0.05) is 19.1 Å². The molecule has 0 spiro atoms. The Balaban J connectivity index is 2.14. The van der Waals surface area contributed by atoms with E-state index in [1.165, 1.54) is 36.1 Å². The van der Waals surface area contributed by atoms with Crippen LogP contribution >= 0.6 is 0 Å². The van der Waals surface area contributed by atoms with Crippen molar-refractivity contribution < 1.29 is 0 Å². The third-order valence-electron chi connectivity index (χ3n) is 3.78. The van der Waals surface area contributed by atoms with Crippen molar-refractivity contribution in [3.05, 3.63) is 34.9 Å². The molecule has 1 aliphatic rings. The first-order chi connectivity index (χ1) is 7.72. The van der Waals surface area contributed by atoms with E-state index in [4.69, 9.17) is 5.73 Å². The topological polar surface area (TPSA) is 29.3 Å². The maximum atomic E-state index is 5.81. The third kappa shape index (κ3) is 2.28. The Morgan fingerprint density at radius 1 is 1.31 bits per heavy atom.